The third kappa shape index (κ3) is 4.91. The van der Waals surface area contributed by atoms with Gasteiger partial charge in [-0.1, -0.05) is 60.7 Å². The van der Waals surface area contributed by atoms with Gasteiger partial charge in [-0.25, -0.2) is 5.06 Å². The molecule has 122 valence electrons. The molecule has 4 heteroatoms. The van der Waals surface area contributed by atoms with E-state index in [9.17, 15) is 4.79 Å². The molecule has 1 amide bonds. The van der Waals surface area contributed by atoms with Crippen molar-refractivity contribution in [1.29, 1.82) is 0 Å². The molecule has 2 aromatic rings. The Hall–Kier alpha value is -2.17. The van der Waals surface area contributed by atoms with E-state index in [1.807, 2.05) is 43.3 Å². The lowest BCUT2D eigenvalue weighted by atomic mass is 10.1. The van der Waals surface area contributed by atoms with Crippen molar-refractivity contribution in [2.45, 2.75) is 26.1 Å². The second kappa shape index (κ2) is 8.46. The van der Waals surface area contributed by atoms with Crippen LogP contribution in [0, 0.1) is 0 Å². The number of rotatable bonds is 7. The number of nitrogens with zero attached hydrogens (tertiary/aromatic N) is 2. The van der Waals surface area contributed by atoms with Gasteiger partial charge in [0.15, 0.2) is 0 Å². The molecule has 4 nitrogen and oxygen atoms in total. The zero-order valence-corrected chi connectivity index (χ0v) is 14.0. The number of hydrogen-bond acceptors (Lipinski definition) is 3. The summed E-state index contributed by atoms with van der Waals surface area (Å²) in [7, 11) is 3.14. The second-order valence-electron chi connectivity index (χ2n) is 5.57. The Morgan fingerprint density at radius 1 is 0.957 bits per heavy atom. The second-order valence-corrected chi connectivity index (χ2v) is 5.57. The predicted molar refractivity (Wildman–Crippen MR) is 91.4 cm³/mol. The van der Waals surface area contributed by atoms with E-state index in [4.69, 9.17) is 4.84 Å². The number of likely N-dealkylation sites (N-methyl/N-ethyl adjacent to an activating group) is 1. The molecule has 23 heavy (non-hydrogen) atoms. The first-order chi connectivity index (χ1) is 11.1. The van der Waals surface area contributed by atoms with Crippen molar-refractivity contribution in [2.24, 2.45) is 0 Å². The smallest absolute Gasteiger partial charge is 0.262 e. The minimum absolute atomic E-state index is 0.0561. The van der Waals surface area contributed by atoms with Crippen molar-refractivity contribution in [1.82, 2.24) is 9.96 Å². The molecule has 0 aliphatic carbocycles. The van der Waals surface area contributed by atoms with Crippen molar-refractivity contribution in [2.75, 3.05) is 14.2 Å². The number of carbonyl (C=O) groups is 1. The van der Waals surface area contributed by atoms with Crippen LogP contribution in [0.5, 0.6) is 0 Å². The Labute approximate surface area is 138 Å². The molecule has 0 N–H and O–H groups in total. The SMILES string of the molecule is CON(C)C(=O)[C@H](C)N(Cc1ccccc1)Cc1ccccc1. The van der Waals surface area contributed by atoms with Crippen LogP contribution in [0.3, 0.4) is 0 Å². The molecule has 0 aromatic heterocycles. The van der Waals surface area contributed by atoms with Crippen molar-refractivity contribution in [3.8, 4) is 0 Å². The van der Waals surface area contributed by atoms with E-state index in [-0.39, 0.29) is 11.9 Å². The third-order valence-corrected chi connectivity index (χ3v) is 3.95. The minimum atomic E-state index is -0.277. The average Bonchev–Trinajstić information content (AvgIpc) is 2.61. The highest BCUT2D eigenvalue weighted by molar-refractivity contribution is 5.80. The monoisotopic (exact) mass is 312 g/mol. The van der Waals surface area contributed by atoms with Gasteiger partial charge in [-0.2, -0.15) is 0 Å². The van der Waals surface area contributed by atoms with Crippen molar-refractivity contribution < 1.29 is 9.63 Å². The van der Waals surface area contributed by atoms with Gasteiger partial charge in [0.1, 0.15) is 0 Å². The normalized spacial score (nSPS) is 12.2. The van der Waals surface area contributed by atoms with Crippen LogP contribution >= 0.6 is 0 Å². The first-order valence-electron chi connectivity index (χ1n) is 7.75. The van der Waals surface area contributed by atoms with Gasteiger partial charge in [0.25, 0.3) is 5.91 Å². The molecule has 0 aliphatic heterocycles. The summed E-state index contributed by atoms with van der Waals surface area (Å²) in [6, 6.07) is 20.1. The molecule has 0 radical (unpaired) electrons. The van der Waals surface area contributed by atoms with Crippen LogP contribution < -0.4 is 0 Å². The molecular formula is C19H24N2O2. The fourth-order valence-electron chi connectivity index (χ4n) is 2.47. The molecule has 0 spiro atoms. The van der Waals surface area contributed by atoms with Crippen LogP contribution in [0.1, 0.15) is 18.1 Å². The summed E-state index contributed by atoms with van der Waals surface area (Å²) in [6.45, 7) is 3.34. The largest absolute Gasteiger partial charge is 0.284 e. The molecule has 0 heterocycles. The summed E-state index contributed by atoms with van der Waals surface area (Å²) in [5.41, 5.74) is 2.37. The zero-order valence-electron chi connectivity index (χ0n) is 14.0. The third-order valence-electron chi connectivity index (χ3n) is 3.95. The predicted octanol–water partition coefficient (Wildman–Crippen LogP) is 3.10. The Bertz CT molecular complexity index is 560. The van der Waals surface area contributed by atoms with E-state index in [1.54, 1.807) is 7.05 Å². The van der Waals surface area contributed by atoms with E-state index in [0.717, 1.165) is 0 Å². The summed E-state index contributed by atoms with van der Waals surface area (Å²) < 4.78 is 0. The standard InChI is InChI=1S/C19H24N2O2/c1-16(19(22)20(2)23-3)21(14-17-10-6-4-7-11-17)15-18-12-8-5-9-13-18/h4-13,16H,14-15H2,1-3H3/t16-/m0/s1. The Morgan fingerprint density at radius 2 is 1.39 bits per heavy atom. The Balaban J connectivity index is 2.18. The molecule has 0 unspecified atom stereocenters. The van der Waals surface area contributed by atoms with Gasteiger partial charge in [-0.05, 0) is 18.1 Å². The molecule has 0 saturated heterocycles. The molecular weight excluding hydrogens is 288 g/mol. The summed E-state index contributed by atoms with van der Waals surface area (Å²) in [4.78, 5) is 19.7. The van der Waals surface area contributed by atoms with Crippen LogP contribution in [0.2, 0.25) is 0 Å². The Morgan fingerprint density at radius 3 is 1.78 bits per heavy atom. The summed E-state index contributed by atoms with van der Waals surface area (Å²) in [5, 5.41) is 1.29. The topological polar surface area (TPSA) is 32.8 Å². The molecule has 2 rings (SSSR count). The van der Waals surface area contributed by atoms with E-state index in [2.05, 4.69) is 29.2 Å². The minimum Gasteiger partial charge on any atom is -0.284 e. The van der Waals surface area contributed by atoms with Gasteiger partial charge in [0, 0.05) is 20.1 Å². The quantitative estimate of drug-likeness (QED) is 0.737. The zero-order chi connectivity index (χ0) is 16.7. The highest BCUT2D eigenvalue weighted by Crippen LogP contribution is 2.14. The maximum Gasteiger partial charge on any atom is 0.262 e. The van der Waals surface area contributed by atoms with Gasteiger partial charge >= 0.3 is 0 Å². The number of carbonyl (C=O) groups excluding carboxylic acids is 1. The van der Waals surface area contributed by atoms with Crippen LogP contribution in [-0.4, -0.2) is 36.1 Å². The number of amides is 1. The molecule has 1 atom stereocenters. The molecule has 0 bridgehead atoms. The number of benzene rings is 2. The van der Waals surface area contributed by atoms with Crippen LogP contribution in [0.25, 0.3) is 0 Å². The lowest BCUT2D eigenvalue weighted by Crippen LogP contribution is -2.44. The van der Waals surface area contributed by atoms with Gasteiger partial charge < -0.3 is 0 Å². The molecule has 0 aliphatic rings. The van der Waals surface area contributed by atoms with Gasteiger partial charge in [-0.15, -0.1) is 0 Å². The van der Waals surface area contributed by atoms with E-state index in [1.165, 1.54) is 23.3 Å². The van der Waals surface area contributed by atoms with Gasteiger partial charge in [-0.3, -0.25) is 14.5 Å². The average molecular weight is 312 g/mol. The lowest BCUT2D eigenvalue weighted by molar-refractivity contribution is -0.174. The summed E-state index contributed by atoms with van der Waals surface area (Å²) >= 11 is 0. The molecule has 0 saturated carbocycles. The Kier molecular flexibility index (Phi) is 6.32. The first-order valence-corrected chi connectivity index (χ1v) is 7.75. The van der Waals surface area contributed by atoms with Gasteiger partial charge in [0.2, 0.25) is 0 Å². The van der Waals surface area contributed by atoms with E-state index < -0.39 is 0 Å². The maximum absolute atomic E-state index is 12.5. The highest BCUT2D eigenvalue weighted by Gasteiger charge is 2.24. The number of hydroxylamine groups is 2. The first kappa shape index (κ1) is 17.2. The number of hydrogen-bond donors (Lipinski definition) is 0. The lowest BCUT2D eigenvalue weighted by Gasteiger charge is -2.30. The fourth-order valence-corrected chi connectivity index (χ4v) is 2.47. The highest BCUT2D eigenvalue weighted by atomic mass is 16.7. The summed E-state index contributed by atoms with van der Waals surface area (Å²) in [5.74, 6) is -0.0561. The van der Waals surface area contributed by atoms with Crippen LogP contribution in [0.4, 0.5) is 0 Å². The van der Waals surface area contributed by atoms with Crippen molar-refractivity contribution in [3.05, 3.63) is 71.8 Å². The fraction of sp³-hybridized carbons (Fsp3) is 0.316. The van der Waals surface area contributed by atoms with Crippen molar-refractivity contribution in [3.63, 3.8) is 0 Å². The maximum atomic E-state index is 12.5. The van der Waals surface area contributed by atoms with Gasteiger partial charge in [0.05, 0.1) is 13.2 Å². The molecule has 0 fully saturated rings. The molecule has 2 aromatic carbocycles. The van der Waals surface area contributed by atoms with Crippen LogP contribution in [-0.2, 0) is 22.7 Å². The van der Waals surface area contributed by atoms with E-state index in [0.29, 0.717) is 13.1 Å². The van der Waals surface area contributed by atoms with E-state index >= 15 is 0 Å². The van der Waals surface area contributed by atoms with Crippen LogP contribution in [0.15, 0.2) is 60.7 Å². The van der Waals surface area contributed by atoms with Crippen molar-refractivity contribution >= 4 is 5.91 Å². The summed E-state index contributed by atoms with van der Waals surface area (Å²) in [6.07, 6.45) is 0.